The number of β-amino-alcohol motifs (C(OH)–C–C–N with tert-alkyl or cyclic N) is 1. The fraction of sp³-hybridized carbons (Fsp3) is 0.588. The molecule has 1 saturated heterocycles. The van der Waals surface area contributed by atoms with Crippen molar-refractivity contribution in [3.8, 4) is 11.5 Å². The Morgan fingerprint density at radius 3 is 2.46 bits per heavy atom. The van der Waals surface area contributed by atoms with Crippen molar-refractivity contribution in [2.75, 3.05) is 46.9 Å². The number of ether oxygens (including phenoxy) is 2. The highest BCUT2D eigenvalue weighted by atomic mass is 16.5. The van der Waals surface area contributed by atoms with Crippen molar-refractivity contribution in [3.05, 3.63) is 23.8 Å². The van der Waals surface area contributed by atoms with Crippen molar-refractivity contribution in [3.63, 3.8) is 0 Å². The highest BCUT2D eigenvalue weighted by molar-refractivity contribution is 5.74. The number of nitrogens with zero attached hydrogens (tertiary/aromatic N) is 2. The number of urea groups is 1. The molecule has 0 saturated carbocycles. The van der Waals surface area contributed by atoms with Gasteiger partial charge in [-0.05, 0) is 24.6 Å². The number of amides is 2. The molecule has 1 aromatic rings. The number of methoxy groups -OCH3 is 2. The van der Waals surface area contributed by atoms with Crippen molar-refractivity contribution in [2.45, 2.75) is 19.6 Å². The Balaban J connectivity index is 1.81. The number of carbonyl (C=O) groups excluding carboxylic acids is 1. The summed E-state index contributed by atoms with van der Waals surface area (Å²) in [6, 6.07) is 5.53. The van der Waals surface area contributed by atoms with Crippen LogP contribution in [0.2, 0.25) is 0 Å². The van der Waals surface area contributed by atoms with Crippen LogP contribution in [-0.4, -0.2) is 74.0 Å². The van der Waals surface area contributed by atoms with E-state index in [9.17, 15) is 9.90 Å². The van der Waals surface area contributed by atoms with E-state index in [1.807, 2.05) is 18.2 Å². The van der Waals surface area contributed by atoms with Crippen LogP contribution in [0.3, 0.4) is 0 Å². The number of piperazine rings is 1. The topological polar surface area (TPSA) is 74.3 Å². The summed E-state index contributed by atoms with van der Waals surface area (Å²) in [7, 11) is 3.18. The summed E-state index contributed by atoms with van der Waals surface area (Å²) < 4.78 is 10.5. The van der Waals surface area contributed by atoms with Gasteiger partial charge in [-0.2, -0.15) is 0 Å². The monoisotopic (exact) mass is 337 g/mol. The summed E-state index contributed by atoms with van der Waals surface area (Å²) in [4.78, 5) is 16.2. The minimum Gasteiger partial charge on any atom is -0.493 e. The average Bonchev–Trinajstić information content (AvgIpc) is 2.59. The smallest absolute Gasteiger partial charge is 0.317 e. The minimum absolute atomic E-state index is 0.0681. The van der Waals surface area contributed by atoms with E-state index in [4.69, 9.17) is 9.47 Å². The highest BCUT2D eigenvalue weighted by Crippen LogP contribution is 2.27. The number of carbonyl (C=O) groups is 1. The van der Waals surface area contributed by atoms with Gasteiger partial charge in [-0.15, -0.1) is 0 Å². The summed E-state index contributed by atoms with van der Waals surface area (Å²) in [6.07, 6.45) is -0.338. The Labute approximate surface area is 143 Å². The first-order chi connectivity index (χ1) is 11.5. The van der Waals surface area contributed by atoms with Crippen LogP contribution in [0.25, 0.3) is 0 Å². The summed E-state index contributed by atoms with van der Waals surface area (Å²) in [5, 5.41) is 12.4. The molecule has 7 nitrogen and oxygen atoms in total. The molecule has 1 heterocycles. The lowest BCUT2D eigenvalue weighted by molar-refractivity contribution is 0.0897. The van der Waals surface area contributed by atoms with Gasteiger partial charge < -0.3 is 24.8 Å². The maximum absolute atomic E-state index is 12.3. The second-order valence-corrected chi connectivity index (χ2v) is 5.98. The van der Waals surface area contributed by atoms with Crippen LogP contribution < -0.4 is 14.8 Å². The largest absolute Gasteiger partial charge is 0.493 e. The fourth-order valence-corrected chi connectivity index (χ4v) is 2.79. The summed E-state index contributed by atoms with van der Waals surface area (Å²) >= 11 is 0. The minimum atomic E-state index is -0.338. The molecule has 2 rings (SSSR count). The molecule has 0 spiro atoms. The van der Waals surface area contributed by atoms with Crippen LogP contribution in [0.15, 0.2) is 18.2 Å². The molecule has 0 aliphatic carbocycles. The summed E-state index contributed by atoms with van der Waals surface area (Å²) in [5.74, 6) is 1.32. The molecule has 7 heteroatoms. The van der Waals surface area contributed by atoms with Crippen LogP contribution in [0, 0.1) is 0 Å². The molecular weight excluding hydrogens is 310 g/mol. The quantitative estimate of drug-likeness (QED) is 0.807. The number of rotatable bonds is 6. The molecule has 0 radical (unpaired) electrons. The molecular formula is C17H27N3O4. The summed E-state index contributed by atoms with van der Waals surface area (Å²) in [6.45, 7) is 5.79. The van der Waals surface area contributed by atoms with Gasteiger partial charge in [0, 0.05) is 39.3 Å². The first-order valence-electron chi connectivity index (χ1n) is 8.17. The van der Waals surface area contributed by atoms with Crippen molar-refractivity contribution in [1.82, 2.24) is 15.1 Å². The Morgan fingerprint density at radius 2 is 1.88 bits per heavy atom. The van der Waals surface area contributed by atoms with Crippen LogP contribution in [-0.2, 0) is 6.54 Å². The van der Waals surface area contributed by atoms with E-state index < -0.39 is 0 Å². The molecule has 1 unspecified atom stereocenters. The van der Waals surface area contributed by atoms with E-state index in [-0.39, 0.29) is 12.1 Å². The third-order valence-electron chi connectivity index (χ3n) is 4.07. The number of hydrogen-bond donors (Lipinski definition) is 2. The number of nitrogens with one attached hydrogen (secondary N) is 1. The van der Waals surface area contributed by atoms with Crippen LogP contribution in [0.4, 0.5) is 4.79 Å². The molecule has 1 aromatic carbocycles. The molecule has 1 aliphatic heterocycles. The van der Waals surface area contributed by atoms with Gasteiger partial charge in [0.05, 0.1) is 20.3 Å². The predicted molar refractivity (Wildman–Crippen MR) is 91.5 cm³/mol. The Morgan fingerprint density at radius 1 is 1.21 bits per heavy atom. The first kappa shape index (κ1) is 18.4. The molecule has 1 atom stereocenters. The van der Waals surface area contributed by atoms with Crippen molar-refractivity contribution in [2.24, 2.45) is 0 Å². The zero-order valence-electron chi connectivity index (χ0n) is 14.6. The first-order valence-corrected chi connectivity index (χ1v) is 8.17. The van der Waals surface area contributed by atoms with E-state index in [2.05, 4.69) is 10.2 Å². The van der Waals surface area contributed by atoms with E-state index in [0.29, 0.717) is 37.7 Å². The second-order valence-electron chi connectivity index (χ2n) is 5.98. The zero-order valence-corrected chi connectivity index (χ0v) is 14.6. The van der Waals surface area contributed by atoms with Gasteiger partial charge in [-0.1, -0.05) is 6.07 Å². The molecule has 1 fully saturated rings. The van der Waals surface area contributed by atoms with Crippen LogP contribution >= 0.6 is 0 Å². The average molecular weight is 337 g/mol. The molecule has 0 bridgehead atoms. The molecule has 2 amide bonds. The number of aliphatic hydroxyl groups excluding tert-OH is 1. The normalized spacial score (nSPS) is 16.6. The zero-order chi connectivity index (χ0) is 17.5. The number of hydrogen-bond acceptors (Lipinski definition) is 5. The standard InChI is InChI=1S/C17H27N3O4/c1-13(21)12-19-6-8-20(9-7-19)17(22)18-11-14-4-5-15(23-2)16(10-14)24-3/h4-5,10,13,21H,6-9,11-12H2,1-3H3,(H,18,22). The third kappa shape index (κ3) is 5.01. The summed E-state index contributed by atoms with van der Waals surface area (Å²) in [5.41, 5.74) is 0.953. The molecule has 1 aliphatic rings. The van der Waals surface area contributed by atoms with Crippen LogP contribution in [0.5, 0.6) is 11.5 Å². The van der Waals surface area contributed by atoms with Crippen molar-refractivity contribution in [1.29, 1.82) is 0 Å². The Hall–Kier alpha value is -1.99. The second kappa shape index (κ2) is 8.75. The molecule has 2 N–H and O–H groups in total. The van der Waals surface area contributed by atoms with Gasteiger partial charge in [-0.3, -0.25) is 4.90 Å². The van der Waals surface area contributed by atoms with Gasteiger partial charge in [0.15, 0.2) is 11.5 Å². The highest BCUT2D eigenvalue weighted by Gasteiger charge is 2.21. The maximum atomic E-state index is 12.3. The SMILES string of the molecule is COc1ccc(CNC(=O)N2CCN(CC(C)O)CC2)cc1OC. The lowest BCUT2D eigenvalue weighted by Gasteiger charge is -2.35. The van der Waals surface area contributed by atoms with Gasteiger partial charge in [0.2, 0.25) is 0 Å². The van der Waals surface area contributed by atoms with Gasteiger partial charge in [0.25, 0.3) is 0 Å². The van der Waals surface area contributed by atoms with E-state index >= 15 is 0 Å². The van der Waals surface area contributed by atoms with Gasteiger partial charge >= 0.3 is 6.03 Å². The van der Waals surface area contributed by atoms with Gasteiger partial charge in [0.1, 0.15) is 0 Å². The number of aliphatic hydroxyl groups is 1. The third-order valence-corrected chi connectivity index (χ3v) is 4.07. The van der Waals surface area contributed by atoms with Crippen LogP contribution in [0.1, 0.15) is 12.5 Å². The van der Waals surface area contributed by atoms with E-state index in [1.54, 1.807) is 26.0 Å². The fourth-order valence-electron chi connectivity index (χ4n) is 2.79. The van der Waals surface area contributed by atoms with E-state index in [1.165, 1.54) is 0 Å². The van der Waals surface area contributed by atoms with E-state index in [0.717, 1.165) is 18.7 Å². The Kier molecular flexibility index (Phi) is 6.69. The lowest BCUT2D eigenvalue weighted by Crippen LogP contribution is -2.52. The molecule has 0 aromatic heterocycles. The van der Waals surface area contributed by atoms with Crippen molar-refractivity contribution < 1.29 is 19.4 Å². The van der Waals surface area contributed by atoms with Gasteiger partial charge in [-0.25, -0.2) is 4.79 Å². The lowest BCUT2D eigenvalue weighted by atomic mass is 10.2. The number of benzene rings is 1. The molecule has 134 valence electrons. The maximum Gasteiger partial charge on any atom is 0.317 e. The molecule has 24 heavy (non-hydrogen) atoms. The van der Waals surface area contributed by atoms with Crippen molar-refractivity contribution >= 4 is 6.03 Å². The Bertz CT molecular complexity index is 543. The predicted octanol–water partition coefficient (Wildman–Crippen LogP) is 0.912.